The number of hydrogen-bond acceptors (Lipinski definition) is 2. The zero-order chi connectivity index (χ0) is 15.3. The summed E-state index contributed by atoms with van der Waals surface area (Å²) in [6.45, 7) is 2.24. The van der Waals surface area contributed by atoms with Crippen LogP contribution in [0.15, 0.2) is 18.2 Å². The fraction of sp³-hybridized carbons (Fsp3) is 0.471. The summed E-state index contributed by atoms with van der Waals surface area (Å²) >= 11 is 0. The Morgan fingerprint density at radius 2 is 2.10 bits per heavy atom. The molecular weight excluding hydrogens is 267 g/mol. The van der Waals surface area contributed by atoms with Gasteiger partial charge in [-0.15, -0.1) is 0 Å². The van der Waals surface area contributed by atoms with Gasteiger partial charge in [-0.3, -0.25) is 4.79 Å². The molecule has 0 spiro atoms. The molecule has 1 aromatic carbocycles. The smallest absolute Gasteiger partial charge is 0.252 e. The molecule has 0 saturated heterocycles. The van der Waals surface area contributed by atoms with E-state index in [0.29, 0.717) is 11.1 Å². The molecule has 3 N–H and O–H groups in total. The Morgan fingerprint density at radius 3 is 2.76 bits per heavy atom. The van der Waals surface area contributed by atoms with Gasteiger partial charge in [0.15, 0.2) is 0 Å². The number of nitrogens with two attached hydrogens (primary N) is 1. The van der Waals surface area contributed by atoms with Crippen molar-refractivity contribution in [3.8, 4) is 11.8 Å². The van der Waals surface area contributed by atoms with Gasteiger partial charge in [-0.2, -0.15) is 0 Å². The highest BCUT2D eigenvalue weighted by Crippen LogP contribution is 2.28. The van der Waals surface area contributed by atoms with Crippen molar-refractivity contribution in [2.24, 2.45) is 5.73 Å². The number of rotatable bonds is 2. The van der Waals surface area contributed by atoms with Gasteiger partial charge < -0.3 is 11.1 Å². The van der Waals surface area contributed by atoms with E-state index in [1.807, 2.05) is 0 Å². The second kappa shape index (κ2) is 6.73. The van der Waals surface area contributed by atoms with Gasteiger partial charge in [-0.1, -0.05) is 31.1 Å². The molecule has 112 valence electrons. The second-order valence-corrected chi connectivity index (χ2v) is 5.77. The van der Waals surface area contributed by atoms with Gasteiger partial charge in [0.2, 0.25) is 0 Å². The Bertz CT molecular complexity index is 580. The molecule has 21 heavy (non-hydrogen) atoms. The molecule has 1 aliphatic rings. The molecule has 0 heterocycles. The Kier molecular flexibility index (Phi) is 4.98. The van der Waals surface area contributed by atoms with E-state index in [-0.39, 0.29) is 18.0 Å². The first-order chi connectivity index (χ1) is 10.0. The first kappa shape index (κ1) is 15.5. The number of amides is 1. The maximum atomic E-state index is 13.3. The van der Waals surface area contributed by atoms with E-state index in [0.717, 1.165) is 25.7 Å². The highest BCUT2D eigenvalue weighted by atomic mass is 19.1. The van der Waals surface area contributed by atoms with Gasteiger partial charge in [0.05, 0.1) is 12.1 Å². The highest BCUT2D eigenvalue weighted by molar-refractivity contribution is 5.97. The summed E-state index contributed by atoms with van der Waals surface area (Å²) in [6, 6.07) is 4.05. The quantitative estimate of drug-likeness (QED) is 0.822. The summed E-state index contributed by atoms with van der Waals surface area (Å²) in [5, 5.41) is 3.09. The molecule has 3 nitrogen and oxygen atoms in total. The van der Waals surface area contributed by atoms with Gasteiger partial charge in [0, 0.05) is 11.1 Å². The van der Waals surface area contributed by atoms with Crippen LogP contribution in [-0.4, -0.2) is 18.0 Å². The summed E-state index contributed by atoms with van der Waals surface area (Å²) in [5.41, 5.74) is 5.96. The number of benzene rings is 1. The number of halogens is 1. The van der Waals surface area contributed by atoms with E-state index in [9.17, 15) is 9.18 Å². The van der Waals surface area contributed by atoms with Crippen LogP contribution >= 0.6 is 0 Å². The normalized spacial score (nSPS) is 16.7. The van der Waals surface area contributed by atoms with E-state index in [1.165, 1.54) is 24.6 Å². The van der Waals surface area contributed by atoms with Crippen LogP contribution < -0.4 is 11.1 Å². The Hall–Kier alpha value is -1.86. The fourth-order valence-corrected chi connectivity index (χ4v) is 2.76. The van der Waals surface area contributed by atoms with Crippen molar-refractivity contribution >= 4 is 5.91 Å². The molecule has 0 radical (unpaired) electrons. The number of carbonyl (C=O) groups is 1. The summed E-state index contributed by atoms with van der Waals surface area (Å²) in [7, 11) is 0. The number of hydrogen-bond donors (Lipinski definition) is 2. The van der Waals surface area contributed by atoms with Crippen LogP contribution in [0.5, 0.6) is 0 Å². The second-order valence-electron chi connectivity index (χ2n) is 5.77. The third-order valence-corrected chi connectivity index (χ3v) is 3.92. The van der Waals surface area contributed by atoms with Gasteiger partial charge in [0.1, 0.15) is 5.82 Å². The van der Waals surface area contributed by atoms with Crippen LogP contribution in [0.2, 0.25) is 0 Å². The van der Waals surface area contributed by atoms with Crippen molar-refractivity contribution in [2.45, 2.75) is 44.6 Å². The molecular formula is C17H21FN2O. The zero-order valence-electron chi connectivity index (χ0n) is 12.3. The van der Waals surface area contributed by atoms with Crippen LogP contribution in [0.3, 0.4) is 0 Å². The maximum Gasteiger partial charge on any atom is 0.252 e. The van der Waals surface area contributed by atoms with Crippen molar-refractivity contribution in [1.82, 2.24) is 5.32 Å². The molecule has 1 saturated carbocycles. The van der Waals surface area contributed by atoms with Crippen molar-refractivity contribution in [1.29, 1.82) is 0 Å². The molecule has 0 atom stereocenters. The first-order valence-electron chi connectivity index (χ1n) is 7.35. The Morgan fingerprint density at radius 1 is 1.38 bits per heavy atom. The lowest BCUT2D eigenvalue weighted by Crippen LogP contribution is -2.47. The minimum absolute atomic E-state index is 0.176. The molecule has 0 aromatic heterocycles. The van der Waals surface area contributed by atoms with E-state index in [2.05, 4.69) is 24.1 Å². The molecule has 2 rings (SSSR count). The van der Waals surface area contributed by atoms with E-state index in [1.54, 1.807) is 0 Å². The van der Waals surface area contributed by atoms with E-state index < -0.39 is 5.82 Å². The predicted octanol–water partition coefficient (Wildman–Crippen LogP) is 2.59. The minimum Gasteiger partial charge on any atom is -0.347 e. The van der Waals surface area contributed by atoms with E-state index in [4.69, 9.17) is 5.73 Å². The van der Waals surface area contributed by atoms with Gasteiger partial charge in [-0.05, 0) is 38.0 Å². The largest absolute Gasteiger partial charge is 0.347 e. The van der Waals surface area contributed by atoms with Crippen LogP contribution in [-0.2, 0) is 0 Å². The average Bonchev–Trinajstić information content (AvgIpc) is 2.45. The lowest BCUT2D eigenvalue weighted by atomic mass is 9.83. The summed E-state index contributed by atoms with van der Waals surface area (Å²) < 4.78 is 13.3. The molecule has 4 heteroatoms. The lowest BCUT2D eigenvalue weighted by Gasteiger charge is -2.34. The predicted molar refractivity (Wildman–Crippen MR) is 81.3 cm³/mol. The average molecular weight is 288 g/mol. The molecule has 1 aromatic rings. The fourth-order valence-electron chi connectivity index (χ4n) is 2.76. The summed E-state index contributed by atoms with van der Waals surface area (Å²) in [4.78, 5) is 12.5. The molecule has 0 aliphatic heterocycles. The number of carbonyl (C=O) groups excluding carboxylic acids is 1. The minimum atomic E-state index is -0.406. The first-order valence-corrected chi connectivity index (χ1v) is 7.35. The standard InChI is InChI=1S/C17H21FN2O/c1-17(9-3-2-4-10-17)20-16(21)15-8-7-14(18)12-13(15)6-5-11-19/h7-8,12H,2-4,9-11,19H2,1H3,(H,20,21). The summed E-state index contributed by atoms with van der Waals surface area (Å²) in [5.74, 6) is 4.84. The van der Waals surface area contributed by atoms with E-state index >= 15 is 0 Å². The third kappa shape index (κ3) is 4.05. The van der Waals surface area contributed by atoms with Crippen molar-refractivity contribution in [3.63, 3.8) is 0 Å². The maximum absolute atomic E-state index is 13.3. The molecule has 1 fully saturated rings. The SMILES string of the molecule is CC1(NC(=O)c2ccc(F)cc2C#CCN)CCCCC1. The molecule has 1 aliphatic carbocycles. The lowest BCUT2D eigenvalue weighted by molar-refractivity contribution is 0.0882. The zero-order valence-corrected chi connectivity index (χ0v) is 12.3. The van der Waals surface area contributed by atoms with Crippen molar-refractivity contribution in [3.05, 3.63) is 35.1 Å². The van der Waals surface area contributed by atoms with Crippen LogP contribution in [0, 0.1) is 17.7 Å². The Balaban J connectivity index is 2.22. The van der Waals surface area contributed by atoms with Crippen LogP contribution in [0.1, 0.15) is 54.9 Å². The highest BCUT2D eigenvalue weighted by Gasteiger charge is 2.29. The molecule has 0 bridgehead atoms. The van der Waals surface area contributed by atoms with Crippen LogP contribution in [0.4, 0.5) is 4.39 Å². The van der Waals surface area contributed by atoms with Crippen molar-refractivity contribution in [2.75, 3.05) is 6.54 Å². The Labute approximate surface area is 125 Å². The third-order valence-electron chi connectivity index (χ3n) is 3.92. The van der Waals surface area contributed by atoms with Gasteiger partial charge in [0.25, 0.3) is 5.91 Å². The van der Waals surface area contributed by atoms with Crippen molar-refractivity contribution < 1.29 is 9.18 Å². The van der Waals surface area contributed by atoms with Crippen LogP contribution in [0.25, 0.3) is 0 Å². The topological polar surface area (TPSA) is 55.1 Å². The van der Waals surface area contributed by atoms with Gasteiger partial charge in [-0.25, -0.2) is 4.39 Å². The number of nitrogens with one attached hydrogen (secondary N) is 1. The molecule has 0 unspecified atom stereocenters. The molecule has 1 amide bonds. The van der Waals surface area contributed by atoms with Gasteiger partial charge >= 0.3 is 0 Å². The summed E-state index contributed by atoms with van der Waals surface area (Å²) in [6.07, 6.45) is 5.42. The monoisotopic (exact) mass is 288 g/mol.